The summed E-state index contributed by atoms with van der Waals surface area (Å²) in [6, 6.07) is 4.02. The van der Waals surface area contributed by atoms with Crippen LogP contribution in [0.15, 0.2) is 12.1 Å². The average Bonchev–Trinajstić information content (AvgIpc) is 2.70. The van der Waals surface area contributed by atoms with Crippen molar-refractivity contribution < 1.29 is 23.8 Å². The van der Waals surface area contributed by atoms with Crippen molar-refractivity contribution in [2.45, 2.75) is 51.7 Å². The zero-order chi connectivity index (χ0) is 21.2. The third-order valence-corrected chi connectivity index (χ3v) is 5.73. The minimum Gasteiger partial charge on any atom is -0.493 e. The predicted molar refractivity (Wildman–Crippen MR) is 109 cm³/mol. The molecule has 7 heteroatoms. The Morgan fingerprint density at radius 1 is 1.07 bits per heavy atom. The van der Waals surface area contributed by atoms with Crippen molar-refractivity contribution in [1.82, 2.24) is 9.80 Å². The van der Waals surface area contributed by atoms with Crippen molar-refractivity contribution >= 4 is 12.5 Å². The number of likely N-dealkylation sites (tertiary alicyclic amines) is 1. The summed E-state index contributed by atoms with van der Waals surface area (Å²) in [7, 11) is 3.26. The van der Waals surface area contributed by atoms with Crippen LogP contribution in [0.5, 0.6) is 11.5 Å². The van der Waals surface area contributed by atoms with Gasteiger partial charge in [0.15, 0.2) is 11.5 Å². The molecule has 0 aromatic heterocycles. The standard InChI is InChI=1S/C22H32N2O5/c1-22(2,3)29-21(26)23-9-6-15(7-10-23)20-17-13-19(28-5)18(27-4)12-16(17)8-11-24(20)14-25/h12-15,20H,6-11H2,1-5H3. The number of carbonyl (C=O) groups is 2. The Morgan fingerprint density at radius 2 is 1.69 bits per heavy atom. The van der Waals surface area contributed by atoms with Gasteiger partial charge in [0.05, 0.1) is 20.3 Å². The molecule has 0 saturated carbocycles. The van der Waals surface area contributed by atoms with E-state index in [1.165, 1.54) is 5.56 Å². The minimum atomic E-state index is -0.500. The maximum Gasteiger partial charge on any atom is 0.410 e. The second kappa shape index (κ2) is 8.51. The molecule has 1 aromatic rings. The predicted octanol–water partition coefficient (Wildman–Crippen LogP) is 3.41. The van der Waals surface area contributed by atoms with Crippen LogP contribution >= 0.6 is 0 Å². The zero-order valence-corrected chi connectivity index (χ0v) is 18.1. The Kier molecular flexibility index (Phi) is 6.24. The monoisotopic (exact) mass is 404 g/mol. The number of benzene rings is 1. The van der Waals surface area contributed by atoms with E-state index >= 15 is 0 Å². The lowest BCUT2D eigenvalue weighted by Gasteiger charge is -2.43. The van der Waals surface area contributed by atoms with Crippen molar-refractivity contribution in [1.29, 1.82) is 0 Å². The Labute approximate surface area is 172 Å². The van der Waals surface area contributed by atoms with Gasteiger partial charge < -0.3 is 24.0 Å². The number of amides is 2. The van der Waals surface area contributed by atoms with Crippen LogP contribution in [0.1, 0.15) is 50.8 Å². The maximum atomic E-state index is 12.4. The Balaban J connectivity index is 1.80. The van der Waals surface area contributed by atoms with E-state index in [9.17, 15) is 9.59 Å². The highest BCUT2D eigenvalue weighted by molar-refractivity contribution is 5.68. The molecule has 2 heterocycles. The summed E-state index contributed by atoms with van der Waals surface area (Å²) in [5.41, 5.74) is 1.82. The number of fused-ring (bicyclic) bond motifs is 1. The number of piperidine rings is 1. The molecule has 0 aliphatic carbocycles. The SMILES string of the molecule is COc1cc2c(cc1OC)C(C1CCN(C(=O)OC(C)(C)C)CC1)N(C=O)CC2. The van der Waals surface area contributed by atoms with E-state index in [4.69, 9.17) is 14.2 Å². The lowest BCUT2D eigenvalue weighted by molar-refractivity contribution is -0.122. The van der Waals surface area contributed by atoms with E-state index in [1.54, 1.807) is 19.1 Å². The van der Waals surface area contributed by atoms with Gasteiger partial charge in [0.25, 0.3) is 0 Å². The summed E-state index contributed by atoms with van der Waals surface area (Å²) in [4.78, 5) is 27.9. The number of nitrogens with zero attached hydrogens (tertiary/aromatic N) is 2. The van der Waals surface area contributed by atoms with Crippen LogP contribution in [-0.2, 0) is 16.0 Å². The molecule has 29 heavy (non-hydrogen) atoms. The lowest BCUT2D eigenvalue weighted by atomic mass is 9.80. The summed E-state index contributed by atoms with van der Waals surface area (Å²) in [6.45, 7) is 7.57. The zero-order valence-electron chi connectivity index (χ0n) is 18.1. The van der Waals surface area contributed by atoms with Gasteiger partial charge in [-0.3, -0.25) is 4.79 Å². The van der Waals surface area contributed by atoms with Gasteiger partial charge in [0.1, 0.15) is 5.60 Å². The summed E-state index contributed by atoms with van der Waals surface area (Å²) >= 11 is 0. The summed E-state index contributed by atoms with van der Waals surface area (Å²) in [5.74, 6) is 1.66. The van der Waals surface area contributed by atoms with Crippen LogP contribution in [0.3, 0.4) is 0 Å². The number of carbonyl (C=O) groups excluding carboxylic acids is 2. The third kappa shape index (κ3) is 4.60. The molecule has 0 bridgehead atoms. The number of methoxy groups -OCH3 is 2. The lowest BCUT2D eigenvalue weighted by Crippen LogP contribution is -2.46. The van der Waals surface area contributed by atoms with E-state index < -0.39 is 5.60 Å². The summed E-state index contributed by atoms with van der Waals surface area (Å²) in [6.07, 6.45) is 3.12. The van der Waals surface area contributed by atoms with Crippen molar-refractivity contribution in [2.24, 2.45) is 5.92 Å². The first-order valence-corrected chi connectivity index (χ1v) is 10.2. The first kappa shape index (κ1) is 21.3. The summed E-state index contributed by atoms with van der Waals surface area (Å²) in [5, 5.41) is 0. The van der Waals surface area contributed by atoms with Crippen molar-refractivity contribution in [3.8, 4) is 11.5 Å². The second-order valence-corrected chi connectivity index (χ2v) is 8.75. The molecule has 1 aromatic carbocycles. The van der Waals surface area contributed by atoms with Gasteiger partial charge in [0, 0.05) is 19.6 Å². The van der Waals surface area contributed by atoms with Crippen molar-refractivity contribution in [3.63, 3.8) is 0 Å². The molecule has 160 valence electrons. The smallest absolute Gasteiger partial charge is 0.410 e. The van der Waals surface area contributed by atoms with E-state index in [0.717, 1.165) is 31.2 Å². The van der Waals surface area contributed by atoms with E-state index in [2.05, 4.69) is 0 Å². The molecule has 1 fully saturated rings. The molecule has 2 aliphatic rings. The molecule has 0 N–H and O–H groups in total. The molecule has 2 aliphatic heterocycles. The average molecular weight is 405 g/mol. The van der Waals surface area contributed by atoms with Crippen LogP contribution in [0.2, 0.25) is 0 Å². The van der Waals surface area contributed by atoms with Crippen LogP contribution in [0, 0.1) is 5.92 Å². The highest BCUT2D eigenvalue weighted by Gasteiger charge is 2.37. The topological polar surface area (TPSA) is 68.3 Å². The second-order valence-electron chi connectivity index (χ2n) is 8.75. The quantitative estimate of drug-likeness (QED) is 0.720. The largest absolute Gasteiger partial charge is 0.493 e. The van der Waals surface area contributed by atoms with Gasteiger partial charge in [-0.1, -0.05) is 0 Å². The number of ether oxygens (including phenoxy) is 3. The maximum absolute atomic E-state index is 12.4. The molecule has 7 nitrogen and oxygen atoms in total. The van der Waals surface area contributed by atoms with Crippen LogP contribution < -0.4 is 9.47 Å². The normalized spacial score (nSPS) is 20.1. The van der Waals surface area contributed by atoms with Gasteiger partial charge >= 0.3 is 6.09 Å². The van der Waals surface area contributed by atoms with E-state index in [-0.39, 0.29) is 18.1 Å². The highest BCUT2D eigenvalue weighted by atomic mass is 16.6. The van der Waals surface area contributed by atoms with Crippen molar-refractivity contribution in [2.75, 3.05) is 33.9 Å². The molecular formula is C22H32N2O5. The molecule has 1 unspecified atom stereocenters. The number of rotatable bonds is 4. The third-order valence-electron chi connectivity index (χ3n) is 5.73. The minimum absolute atomic E-state index is 0.0168. The highest BCUT2D eigenvalue weighted by Crippen LogP contribution is 2.43. The Hall–Kier alpha value is -2.44. The van der Waals surface area contributed by atoms with Gasteiger partial charge in [-0.2, -0.15) is 0 Å². The van der Waals surface area contributed by atoms with E-state index in [1.807, 2.05) is 37.8 Å². The Bertz CT molecular complexity index is 750. The van der Waals surface area contributed by atoms with E-state index in [0.29, 0.717) is 31.1 Å². The fourth-order valence-corrected chi connectivity index (χ4v) is 4.36. The van der Waals surface area contributed by atoms with Crippen molar-refractivity contribution in [3.05, 3.63) is 23.3 Å². The fraction of sp³-hybridized carbons (Fsp3) is 0.636. The molecule has 1 atom stereocenters. The first-order chi connectivity index (χ1) is 13.8. The molecule has 3 rings (SSSR count). The molecule has 0 spiro atoms. The summed E-state index contributed by atoms with van der Waals surface area (Å²) < 4.78 is 16.5. The fourth-order valence-electron chi connectivity index (χ4n) is 4.36. The molecular weight excluding hydrogens is 372 g/mol. The van der Waals surface area contributed by atoms with Gasteiger partial charge in [-0.15, -0.1) is 0 Å². The van der Waals surface area contributed by atoms with Gasteiger partial charge in [-0.05, 0) is 69.2 Å². The molecule has 1 saturated heterocycles. The number of hydrogen-bond donors (Lipinski definition) is 0. The van der Waals surface area contributed by atoms with Gasteiger partial charge in [0.2, 0.25) is 6.41 Å². The van der Waals surface area contributed by atoms with Gasteiger partial charge in [-0.25, -0.2) is 4.79 Å². The molecule has 2 amide bonds. The Morgan fingerprint density at radius 3 is 2.24 bits per heavy atom. The van der Waals surface area contributed by atoms with Crippen LogP contribution in [0.4, 0.5) is 4.79 Å². The van der Waals surface area contributed by atoms with Crippen LogP contribution in [0.25, 0.3) is 0 Å². The molecule has 0 radical (unpaired) electrons. The van der Waals surface area contributed by atoms with Crippen LogP contribution in [-0.4, -0.2) is 61.8 Å². The number of hydrogen-bond acceptors (Lipinski definition) is 5. The first-order valence-electron chi connectivity index (χ1n) is 10.2.